The molecule has 9 heteroatoms. The van der Waals surface area contributed by atoms with E-state index in [-0.39, 0.29) is 12.5 Å². The van der Waals surface area contributed by atoms with Crippen molar-refractivity contribution in [2.75, 3.05) is 63.6 Å². The van der Waals surface area contributed by atoms with Crippen molar-refractivity contribution in [3.05, 3.63) is 24.3 Å². The lowest BCUT2D eigenvalue weighted by Gasteiger charge is -2.27. The molecule has 0 atom stereocenters. The monoisotopic (exact) mass is 371 g/mol. The van der Waals surface area contributed by atoms with Crippen molar-refractivity contribution in [3.8, 4) is 5.75 Å². The van der Waals surface area contributed by atoms with E-state index < -0.39 is 10.0 Å². The normalized spacial score (nSPS) is 15.6. The first-order valence-electron chi connectivity index (χ1n) is 8.08. The number of methoxy groups -OCH3 is 1. The van der Waals surface area contributed by atoms with Crippen LogP contribution in [0.25, 0.3) is 0 Å². The molecule has 25 heavy (non-hydrogen) atoms. The molecular weight excluding hydrogens is 346 g/mol. The molecule has 1 aromatic rings. The van der Waals surface area contributed by atoms with Gasteiger partial charge in [0.2, 0.25) is 15.9 Å². The predicted octanol–water partition coefficient (Wildman–Crippen LogP) is -0.0904. The van der Waals surface area contributed by atoms with E-state index in [9.17, 15) is 13.2 Å². The molecular formula is C16H25N3O5S. The number of carbonyl (C=O) groups excluding carboxylic acids is 1. The summed E-state index contributed by atoms with van der Waals surface area (Å²) in [5.41, 5.74) is 0.394. The van der Waals surface area contributed by atoms with E-state index in [2.05, 4.69) is 10.2 Å². The van der Waals surface area contributed by atoms with E-state index in [1.54, 1.807) is 24.3 Å². The second kappa shape index (κ2) is 9.02. The Labute approximate surface area is 148 Å². The van der Waals surface area contributed by atoms with Crippen molar-refractivity contribution in [2.24, 2.45) is 0 Å². The molecule has 1 fully saturated rings. The molecule has 0 spiro atoms. The van der Waals surface area contributed by atoms with Crippen LogP contribution in [0.4, 0.5) is 5.69 Å². The maximum Gasteiger partial charge on any atom is 0.240 e. The first-order chi connectivity index (χ1) is 11.9. The highest BCUT2D eigenvalue weighted by Crippen LogP contribution is 2.22. The van der Waals surface area contributed by atoms with Gasteiger partial charge in [0, 0.05) is 32.2 Å². The molecule has 8 nitrogen and oxygen atoms in total. The van der Waals surface area contributed by atoms with Crippen LogP contribution in [-0.2, 0) is 19.6 Å². The van der Waals surface area contributed by atoms with Gasteiger partial charge < -0.3 is 14.8 Å². The zero-order valence-electron chi connectivity index (χ0n) is 14.6. The minimum atomic E-state index is -3.59. The molecule has 1 aliphatic heterocycles. The van der Waals surface area contributed by atoms with Gasteiger partial charge in [-0.2, -0.15) is 0 Å². The summed E-state index contributed by atoms with van der Waals surface area (Å²) in [5.74, 6) is 0.181. The topological polar surface area (TPSA) is 88.2 Å². The number of amides is 1. The maximum atomic E-state index is 12.2. The molecule has 1 N–H and O–H groups in total. The van der Waals surface area contributed by atoms with Gasteiger partial charge >= 0.3 is 0 Å². The summed E-state index contributed by atoms with van der Waals surface area (Å²) in [4.78, 5) is 14.4. The summed E-state index contributed by atoms with van der Waals surface area (Å²) >= 11 is 0. The number of hydrogen-bond acceptors (Lipinski definition) is 6. The van der Waals surface area contributed by atoms with Gasteiger partial charge in [0.15, 0.2) is 0 Å². The number of rotatable bonds is 8. The molecule has 1 saturated heterocycles. The van der Waals surface area contributed by atoms with Crippen molar-refractivity contribution in [2.45, 2.75) is 0 Å². The van der Waals surface area contributed by atoms with Gasteiger partial charge in [0.05, 0.1) is 32.3 Å². The van der Waals surface area contributed by atoms with Crippen LogP contribution in [0.1, 0.15) is 0 Å². The van der Waals surface area contributed by atoms with Crippen LogP contribution in [0, 0.1) is 0 Å². The van der Waals surface area contributed by atoms with Crippen molar-refractivity contribution >= 4 is 21.6 Å². The molecule has 140 valence electrons. The average Bonchev–Trinajstić information content (AvgIpc) is 2.59. The molecule has 1 amide bonds. The van der Waals surface area contributed by atoms with Gasteiger partial charge in [-0.25, -0.2) is 8.42 Å². The number of benzene rings is 1. The third kappa shape index (κ3) is 6.18. The quantitative estimate of drug-likeness (QED) is 0.687. The molecule has 1 aliphatic rings. The summed E-state index contributed by atoms with van der Waals surface area (Å²) in [7, 11) is -2.09. The van der Waals surface area contributed by atoms with E-state index in [0.717, 1.165) is 23.7 Å². The fourth-order valence-corrected chi connectivity index (χ4v) is 3.38. The zero-order valence-corrected chi connectivity index (χ0v) is 15.4. The van der Waals surface area contributed by atoms with Crippen LogP contribution in [0.15, 0.2) is 24.3 Å². The molecule has 1 aromatic carbocycles. The second-order valence-corrected chi connectivity index (χ2v) is 7.68. The number of sulfonamides is 1. The first-order valence-corrected chi connectivity index (χ1v) is 9.93. The van der Waals surface area contributed by atoms with Crippen molar-refractivity contribution in [1.82, 2.24) is 10.2 Å². The van der Waals surface area contributed by atoms with Crippen molar-refractivity contribution < 1.29 is 22.7 Å². The molecule has 1 heterocycles. The minimum absolute atomic E-state index is 0.269. The average molecular weight is 371 g/mol. The van der Waals surface area contributed by atoms with Crippen molar-refractivity contribution in [1.29, 1.82) is 0 Å². The van der Waals surface area contributed by atoms with E-state index in [1.165, 1.54) is 7.11 Å². The lowest BCUT2D eigenvalue weighted by Crippen LogP contribution is -2.44. The van der Waals surface area contributed by atoms with E-state index >= 15 is 0 Å². The molecule has 0 unspecified atom stereocenters. The number of ether oxygens (including phenoxy) is 2. The smallest absolute Gasteiger partial charge is 0.240 e. The minimum Gasteiger partial charge on any atom is -0.497 e. The van der Waals surface area contributed by atoms with Gasteiger partial charge in [-0.15, -0.1) is 0 Å². The maximum absolute atomic E-state index is 12.2. The largest absolute Gasteiger partial charge is 0.497 e. The van der Waals surface area contributed by atoms with Gasteiger partial charge in [0.1, 0.15) is 12.3 Å². The van der Waals surface area contributed by atoms with Crippen LogP contribution >= 0.6 is 0 Å². The summed E-state index contributed by atoms with van der Waals surface area (Å²) in [6, 6.07) is 6.61. The van der Waals surface area contributed by atoms with Gasteiger partial charge in [-0.05, 0) is 12.1 Å². The standard InChI is InChI=1S/C16H25N3O5S/c1-23-15-5-3-4-14(12-15)19(25(2,21)22)13-16(20)17-6-7-18-8-10-24-11-9-18/h3-5,12H,6-11,13H2,1-2H3,(H,17,20). The van der Waals surface area contributed by atoms with Crippen LogP contribution in [0.5, 0.6) is 5.75 Å². The van der Waals surface area contributed by atoms with Gasteiger partial charge in [-0.3, -0.25) is 14.0 Å². The molecule has 0 aromatic heterocycles. The summed E-state index contributed by atoms with van der Waals surface area (Å²) in [6.07, 6.45) is 1.08. The fraction of sp³-hybridized carbons (Fsp3) is 0.562. The number of nitrogens with one attached hydrogen (secondary N) is 1. The van der Waals surface area contributed by atoms with E-state index in [0.29, 0.717) is 37.7 Å². The Balaban J connectivity index is 1.93. The molecule has 0 saturated carbocycles. The highest BCUT2D eigenvalue weighted by atomic mass is 32.2. The third-order valence-electron chi connectivity index (χ3n) is 3.88. The number of nitrogens with zero attached hydrogens (tertiary/aromatic N) is 2. The number of anilines is 1. The summed E-state index contributed by atoms with van der Waals surface area (Å²) in [5, 5.41) is 2.77. The van der Waals surface area contributed by atoms with Crippen LogP contribution in [-0.4, -0.2) is 78.5 Å². The van der Waals surface area contributed by atoms with Crippen molar-refractivity contribution in [3.63, 3.8) is 0 Å². The van der Waals surface area contributed by atoms with E-state index in [4.69, 9.17) is 9.47 Å². The highest BCUT2D eigenvalue weighted by Gasteiger charge is 2.21. The van der Waals surface area contributed by atoms with Gasteiger partial charge in [0.25, 0.3) is 0 Å². The lowest BCUT2D eigenvalue weighted by atomic mass is 10.3. The lowest BCUT2D eigenvalue weighted by molar-refractivity contribution is -0.119. The summed E-state index contributed by atoms with van der Waals surface area (Å²) in [6.45, 7) is 4.00. The highest BCUT2D eigenvalue weighted by molar-refractivity contribution is 7.92. The zero-order chi connectivity index (χ0) is 18.3. The summed E-state index contributed by atoms with van der Waals surface area (Å²) < 4.78 is 35.6. The van der Waals surface area contributed by atoms with Gasteiger partial charge in [-0.1, -0.05) is 6.07 Å². The Bertz CT molecular complexity index is 674. The molecule has 2 rings (SSSR count). The fourth-order valence-electron chi connectivity index (χ4n) is 2.53. The Morgan fingerprint density at radius 2 is 2.08 bits per heavy atom. The number of carbonyl (C=O) groups is 1. The van der Waals surface area contributed by atoms with Crippen LogP contribution in [0.2, 0.25) is 0 Å². The second-order valence-electron chi connectivity index (χ2n) is 5.78. The first kappa shape index (κ1) is 19.5. The Morgan fingerprint density at radius 3 is 2.72 bits per heavy atom. The molecule has 0 aliphatic carbocycles. The Hall–Kier alpha value is -1.84. The number of morpholine rings is 1. The van der Waals surface area contributed by atoms with E-state index in [1.807, 2.05) is 0 Å². The molecule has 0 radical (unpaired) electrons. The Morgan fingerprint density at radius 1 is 1.36 bits per heavy atom. The predicted molar refractivity (Wildman–Crippen MR) is 95.5 cm³/mol. The number of hydrogen-bond donors (Lipinski definition) is 1. The third-order valence-corrected chi connectivity index (χ3v) is 5.02. The molecule has 0 bridgehead atoms. The SMILES string of the molecule is COc1cccc(N(CC(=O)NCCN2CCOCC2)S(C)(=O)=O)c1. The van der Waals surface area contributed by atoms with Crippen LogP contribution in [0.3, 0.4) is 0 Å². The Kier molecular flexibility index (Phi) is 7.03. The van der Waals surface area contributed by atoms with Crippen LogP contribution < -0.4 is 14.4 Å².